The molecule has 1 aromatic rings. The van der Waals surface area contributed by atoms with E-state index in [1.165, 1.54) is 6.07 Å². The van der Waals surface area contributed by atoms with Gasteiger partial charge in [0.15, 0.2) is 11.6 Å². The van der Waals surface area contributed by atoms with Crippen LogP contribution in [-0.2, 0) is 0 Å². The summed E-state index contributed by atoms with van der Waals surface area (Å²) in [6.45, 7) is 0. The van der Waals surface area contributed by atoms with Crippen molar-refractivity contribution in [1.29, 1.82) is 0 Å². The molecule has 0 saturated heterocycles. The Morgan fingerprint density at radius 3 is 2.78 bits per heavy atom. The Labute approximate surface area is 111 Å². The highest BCUT2D eigenvalue weighted by molar-refractivity contribution is 6.28. The molecule has 0 bridgehead atoms. The van der Waals surface area contributed by atoms with Gasteiger partial charge in [-0.25, -0.2) is 9.38 Å². The molecule has 5 heteroatoms. The van der Waals surface area contributed by atoms with Crippen molar-refractivity contribution in [2.24, 2.45) is 10.7 Å². The molecule has 2 rings (SSSR count). The van der Waals surface area contributed by atoms with E-state index in [-0.39, 0.29) is 23.6 Å². The van der Waals surface area contributed by atoms with Gasteiger partial charge in [-0.3, -0.25) is 0 Å². The van der Waals surface area contributed by atoms with Crippen LogP contribution in [-0.4, -0.2) is 17.8 Å². The van der Waals surface area contributed by atoms with Crippen LogP contribution in [0, 0.1) is 5.82 Å². The van der Waals surface area contributed by atoms with Gasteiger partial charge in [0.2, 0.25) is 0 Å². The average molecular weight is 271 g/mol. The number of rotatable bonds is 4. The van der Waals surface area contributed by atoms with E-state index in [9.17, 15) is 4.39 Å². The first-order chi connectivity index (χ1) is 8.69. The summed E-state index contributed by atoms with van der Waals surface area (Å²) in [5, 5.41) is 0. The molecule has 0 atom stereocenters. The molecule has 1 aromatic carbocycles. The zero-order valence-corrected chi connectivity index (χ0v) is 10.8. The second kappa shape index (κ2) is 6.05. The largest absolute Gasteiger partial charge is 0.487 e. The number of hydrogen-bond acceptors (Lipinski definition) is 2. The molecule has 18 heavy (non-hydrogen) atoms. The lowest BCUT2D eigenvalue weighted by Gasteiger charge is -2.13. The Morgan fingerprint density at radius 1 is 1.44 bits per heavy atom. The molecule has 0 spiro atoms. The van der Waals surface area contributed by atoms with Crippen LogP contribution in [0.4, 0.5) is 10.1 Å². The van der Waals surface area contributed by atoms with Crippen LogP contribution in [0.25, 0.3) is 0 Å². The summed E-state index contributed by atoms with van der Waals surface area (Å²) in [6.07, 6.45) is 4.45. The highest BCUT2D eigenvalue weighted by atomic mass is 35.5. The molecule has 3 nitrogen and oxygen atoms in total. The maximum Gasteiger partial charge on any atom is 0.167 e. The quantitative estimate of drug-likeness (QED) is 0.518. The third-order valence-electron chi connectivity index (χ3n) is 2.92. The van der Waals surface area contributed by atoms with Crippen molar-refractivity contribution in [3.05, 3.63) is 24.0 Å². The third-order valence-corrected chi connectivity index (χ3v) is 3.19. The molecule has 1 fully saturated rings. The summed E-state index contributed by atoms with van der Waals surface area (Å²) >= 11 is 5.51. The molecule has 1 saturated carbocycles. The van der Waals surface area contributed by atoms with Gasteiger partial charge in [0, 0.05) is 6.07 Å². The Balaban J connectivity index is 2.09. The number of ether oxygens (including phenoxy) is 1. The minimum atomic E-state index is -0.412. The Kier molecular flexibility index (Phi) is 4.42. The van der Waals surface area contributed by atoms with Gasteiger partial charge >= 0.3 is 0 Å². The summed E-state index contributed by atoms with van der Waals surface area (Å²) in [5.74, 6) is 0.262. The fraction of sp³-hybridized carbons (Fsp3) is 0.462. The van der Waals surface area contributed by atoms with E-state index in [1.807, 2.05) is 0 Å². The van der Waals surface area contributed by atoms with Crippen molar-refractivity contribution < 1.29 is 9.13 Å². The molecule has 0 heterocycles. The topological polar surface area (TPSA) is 47.6 Å². The Bertz CT molecular complexity index is 445. The van der Waals surface area contributed by atoms with Crippen LogP contribution in [0.15, 0.2) is 23.2 Å². The van der Waals surface area contributed by atoms with Crippen LogP contribution in [0.5, 0.6) is 5.75 Å². The summed E-state index contributed by atoms with van der Waals surface area (Å²) < 4.78 is 19.4. The van der Waals surface area contributed by atoms with Gasteiger partial charge in [0.05, 0.1) is 17.7 Å². The molecule has 0 aliphatic heterocycles. The third kappa shape index (κ3) is 3.35. The second-order valence-electron chi connectivity index (χ2n) is 4.38. The number of benzene rings is 1. The number of halogens is 2. The zero-order valence-electron chi connectivity index (χ0n) is 10.0. The van der Waals surface area contributed by atoms with Gasteiger partial charge in [0.25, 0.3) is 0 Å². The van der Waals surface area contributed by atoms with Crippen LogP contribution in [0.2, 0.25) is 0 Å². The molecule has 2 N–H and O–H groups in total. The van der Waals surface area contributed by atoms with Gasteiger partial charge in [-0.15, -0.1) is 11.6 Å². The van der Waals surface area contributed by atoms with Gasteiger partial charge < -0.3 is 10.5 Å². The number of aliphatic imine (C=N–C) groups is 1. The van der Waals surface area contributed by atoms with Crippen LogP contribution < -0.4 is 10.5 Å². The summed E-state index contributed by atoms with van der Waals surface area (Å²) in [6, 6.07) is 4.57. The SMILES string of the molecule is NC(CCl)=Nc1ccc(OC2CCCC2)c(F)c1. The smallest absolute Gasteiger partial charge is 0.167 e. The average Bonchev–Trinajstić information content (AvgIpc) is 2.85. The minimum Gasteiger partial charge on any atom is -0.487 e. The van der Waals surface area contributed by atoms with E-state index in [2.05, 4.69) is 4.99 Å². The highest BCUT2D eigenvalue weighted by Gasteiger charge is 2.18. The van der Waals surface area contributed by atoms with Gasteiger partial charge in [-0.1, -0.05) is 0 Å². The lowest BCUT2D eigenvalue weighted by atomic mass is 10.2. The monoisotopic (exact) mass is 270 g/mol. The first-order valence-corrected chi connectivity index (χ1v) is 6.57. The fourth-order valence-electron chi connectivity index (χ4n) is 2.04. The molecule has 0 amide bonds. The summed E-state index contributed by atoms with van der Waals surface area (Å²) in [5.41, 5.74) is 5.94. The minimum absolute atomic E-state index is 0.127. The van der Waals surface area contributed by atoms with Crippen molar-refractivity contribution in [1.82, 2.24) is 0 Å². The molecule has 0 aromatic heterocycles. The van der Waals surface area contributed by atoms with E-state index in [1.54, 1.807) is 12.1 Å². The van der Waals surface area contributed by atoms with Crippen molar-refractivity contribution in [3.63, 3.8) is 0 Å². The van der Waals surface area contributed by atoms with Gasteiger partial charge in [0.1, 0.15) is 5.84 Å². The summed E-state index contributed by atoms with van der Waals surface area (Å²) in [7, 11) is 0. The normalized spacial score (nSPS) is 17.1. The second-order valence-corrected chi connectivity index (χ2v) is 4.64. The first-order valence-electron chi connectivity index (χ1n) is 6.04. The van der Waals surface area contributed by atoms with E-state index in [0.717, 1.165) is 25.7 Å². The van der Waals surface area contributed by atoms with E-state index in [0.29, 0.717) is 5.69 Å². The Morgan fingerprint density at radius 2 is 2.17 bits per heavy atom. The lowest BCUT2D eigenvalue weighted by molar-refractivity contribution is 0.201. The van der Waals surface area contributed by atoms with Crippen molar-refractivity contribution in [2.45, 2.75) is 31.8 Å². The van der Waals surface area contributed by atoms with Gasteiger partial charge in [-0.2, -0.15) is 0 Å². The van der Waals surface area contributed by atoms with Crippen LogP contribution in [0.1, 0.15) is 25.7 Å². The van der Waals surface area contributed by atoms with Crippen molar-refractivity contribution in [2.75, 3.05) is 5.88 Å². The predicted molar refractivity (Wildman–Crippen MR) is 71.3 cm³/mol. The predicted octanol–water partition coefficient (Wildman–Crippen LogP) is 3.37. The van der Waals surface area contributed by atoms with Crippen LogP contribution in [0.3, 0.4) is 0 Å². The summed E-state index contributed by atoms with van der Waals surface area (Å²) in [4.78, 5) is 3.98. The fourth-order valence-corrected chi connectivity index (χ4v) is 2.10. The molecule has 98 valence electrons. The zero-order chi connectivity index (χ0) is 13.0. The number of amidine groups is 1. The van der Waals surface area contributed by atoms with Crippen molar-refractivity contribution >= 4 is 23.1 Å². The number of nitrogens with two attached hydrogens (primary N) is 1. The maximum atomic E-state index is 13.8. The van der Waals surface area contributed by atoms with E-state index in [4.69, 9.17) is 22.1 Å². The molecular weight excluding hydrogens is 255 g/mol. The molecular formula is C13H16ClFN2O. The number of hydrogen-bond donors (Lipinski definition) is 1. The van der Waals surface area contributed by atoms with Crippen molar-refractivity contribution in [3.8, 4) is 5.75 Å². The molecule has 1 aliphatic carbocycles. The van der Waals surface area contributed by atoms with Crippen LogP contribution >= 0.6 is 11.6 Å². The standard InChI is InChI=1S/C13H16ClFN2O/c14-8-13(16)17-9-5-6-12(11(15)7-9)18-10-3-1-2-4-10/h5-7,10H,1-4,8H2,(H2,16,17). The lowest BCUT2D eigenvalue weighted by Crippen LogP contribution is -2.12. The number of nitrogens with zero attached hydrogens (tertiary/aromatic N) is 1. The number of alkyl halides is 1. The maximum absolute atomic E-state index is 13.8. The van der Waals surface area contributed by atoms with E-state index >= 15 is 0 Å². The van der Waals surface area contributed by atoms with E-state index < -0.39 is 5.82 Å². The highest BCUT2D eigenvalue weighted by Crippen LogP contribution is 2.28. The Hall–Kier alpha value is -1.29. The first kappa shape index (κ1) is 13.1. The molecule has 1 aliphatic rings. The molecule has 0 radical (unpaired) electrons. The molecule has 0 unspecified atom stereocenters. The van der Waals surface area contributed by atoms with Gasteiger partial charge in [-0.05, 0) is 37.8 Å².